The van der Waals surface area contributed by atoms with Crippen molar-refractivity contribution in [3.8, 4) is 0 Å². The highest BCUT2D eigenvalue weighted by Crippen LogP contribution is 2.34. The molecule has 116 valence electrons. The first kappa shape index (κ1) is 16.4. The Balaban J connectivity index is 2.48. The van der Waals surface area contributed by atoms with Gasteiger partial charge in [0.05, 0.1) is 18.1 Å². The standard InChI is InChI=1S/C14H19NO4S2/c1-3-10(9-19-2)15-21(17,18)14-11-6-4-5-7-12(11)20-13(14)8-16/h4-7,10,15-16H,3,8-9H2,1-2H3. The summed E-state index contributed by atoms with van der Waals surface area (Å²) in [5, 5.41) is 10.1. The molecule has 0 aliphatic rings. The third-order valence-electron chi connectivity index (χ3n) is 3.21. The van der Waals surface area contributed by atoms with Gasteiger partial charge in [-0.25, -0.2) is 13.1 Å². The van der Waals surface area contributed by atoms with Crippen molar-refractivity contribution >= 4 is 31.4 Å². The van der Waals surface area contributed by atoms with Gasteiger partial charge in [-0.15, -0.1) is 11.3 Å². The van der Waals surface area contributed by atoms with Gasteiger partial charge >= 0.3 is 0 Å². The Morgan fingerprint density at radius 2 is 2.10 bits per heavy atom. The van der Waals surface area contributed by atoms with Crippen LogP contribution in [-0.4, -0.2) is 33.3 Å². The van der Waals surface area contributed by atoms with E-state index in [2.05, 4.69) is 4.72 Å². The second-order valence-corrected chi connectivity index (χ2v) is 7.48. The fourth-order valence-electron chi connectivity index (χ4n) is 2.19. The van der Waals surface area contributed by atoms with Crippen LogP contribution in [0.15, 0.2) is 29.2 Å². The maximum atomic E-state index is 12.7. The fourth-order valence-corrected chi connectivity index (χ4v) is 5.29. The SMILES string of the molecule is CCC(COC)NS(=O)(=O)c1c(CO)sc2ccccc12. The van der Waals surface area contributed by atoms with E-state index in [1.54, 1.807) is 12.1 Å². The van der Waals surface area contributed by atoms with Crippen molar-refractivity contribution in [2.24, 2.45) is 0 Å². The number of ether oxygens (including phenoxy) is 1. The molecular formula is C14H19NO4S2. The summed E-state index contributed by atoms with van der Waals surface area (Å²) >= 11 is 1.30. The highest BCUT2D eigenvalue weighted by molar-refractivity contribution is 7.90. The van der Waals surface area contributed by atoms with Gasteiger partial charge in [-0.1, -0.05) is 25.1 Å². The molecule has 0 radical (unpaired) electrons. The minimum absolute atomic E-state index is 0.181. The van der Waals surface area contributed by atoms with E-state index in [1.165, 1.54) is 18.4 Å². The second kappa shape index (κ2) is 6.85. The molecule has 1 heterocycles. The summed E-state index contributed by atoms with van der Waals surface area (Å²) in [6.07, 6.45) is 0.629. The number of fused-ring (bicyclic) bond motifs is 1. The van der Waals surface area contributed by atoms with Gasteiger partial charge in [0.25, 0.3) is 0 Å². The molecule has 0 aliphatic carbocycles. The van der Waals surface area contributed by atoms with Gasteiger partial charge in [0.1, 0.15) is 4.90 Å². The quantitative estimate of drug-likeness (QED) is 0.816. The summed E-state index contributed by atoms with van der Waals surface area (Å²) in [5.41, 5.74) is 0. The average Bonchev–Trinajstić information content (AvgIpc) is 2.85. The number of benzene rings is 1. The average molecular weight is 329 g/mol. The Morgan fingerprint density at radius 1 is 1.38 bits per heavy atom. The molecule has 1 aromatic heterocycles. The minimum Gasteiger partial charge on any atom is -0.391 e. The lowest BCUT2D eigenvalue weighted by molar-refractivity contribution is 0.173. The van der Waals surface area contributed by atoms with Crippen LogP contribution >= 0.6 is 11.3 Å². The molecule has 5 nitrogen and oxygen atoms in total. The number of thiophene rings is 1. The first-order valence-electron chi connectivity index (χ1n) is 6.66. The molecular weight excluding hydrogens is 310 g/mol. The molecule has 1 aromatic carbocycles. The van der Waals surface area contributed by atoms with Crippen LogP contribution in [0.25, 0.3) is 10.1 Å². The zero-order valence-electron chi connectivity index (χ0n) is 12.0. The summed E-state index contributed by atoms with van der Waals surface area (Å²) in [4.78, 5) is 0.635. The summed E-state index contributed by atoms with van der Waals surface area (Å²) in [6.45, 7) is 1.91. The zero-order chi connectivity index (χ0) is 15.5. The van der Waals surface area contributed by atoms with Crippen LogP contribution in [0.5, 0.6) is 0 Å². The van der Waals surface area contributed by atoms with Crippen molar-refractivity contribution in [1.29, 1.82) is 0 Å². The van der Waals surface area contributed by atoms with Crippen LogP contribution in [0.3, 0.4) is 0 Å². The number of hydrogen-bond acceptors (Lipinski definition) is 5. The predicted molar refractivity (Wildman–Crippen MR) is 84.0 cm³/mol. The fraction of sp³-hybridized carbons (Fsp3) is 0.429. The lowest BCUT2D eigenvalue weighted by Gasteiger charge is -2.16. The lowest BCUT2D eigenvalue weighted by atomic mass is 10.2. The van der Waals surface area contributed by atoms with Crippen LogP contribution in [0.1, 0.15) is 18.2 Å². The highest BCUT2D eigenvalue weighted by Gasteiger charge is 2.26. The Kier molecular flexibility index (Phi) is 5.34. The molecule has 0 aliphatic heterocycles. The molecule has 2 N–H and O–H groups in total. The van der Waals surface area contributed by atoms with Gasteiger partial charge in [-0.2, -0.15) is 0 Å². The molecule has 0 saturated heterocycles. The third-order valence-corrected chi connectivity index (χ3v) is 6.15. The maximum absolute atomic E-state index is 12.7. The Labute approximate surface area is 128 Å². The molecule has 1 unspecified atom stereocenters. The van der Waals surface area contributed by atoms with E-state index in [-0.39, 0.29) is 17.5 Å². The number of methoxy groups -OCH3 is 1. The number of aliphatic hydroxyl groups excluding tert-OH is 1. The molecule has 2 rings (SSSR count). The van der Waals surface area contributed by atoms with E-state index in [0.717, 1.165) is 4.70 Å². The van der Waals surface area contributed by atoms with Crippen molar-refractivity contribution in [2.75, 3.05) is 13.7 Å². The van der Waals surface area contributed by atoms with Crippen molar-refractivity contribution in [3.05, 3.63) is 29.1 Å². The van der Waals surface area contributed by atoms with Crippen molar-refractivity contribution in [3.63, 3.8) is 0 Å². The van der Waals surface area contributed by atoms with Gasteiger partial charge in [-0.3, -0.25) is 0 Å². The summed E-state index contributed by atoms with van der Waals surface area (Å²) < 4.78 is 33.9. The molecule has 0 spiro atoms. The monoisotopic (exact) mass is 329 g/mol. The number of sulfonamides is 1. The largest absolute Gasteiger partial charge is 0.391 e. The van der Waals surface area contributed by atoms with Gasteiger partial charge in [0, 0.05) is 23.2 Å². The molecule has 0 saturated carbocycles. The first-order chi connectivity index (χ1) is 10.0. The highest BCUT2D eigenvalue weighted by atomic mass is 32.2. The number of aliphatic hydroxyl groups is 1. The summed E-state index contributed by atoms with van der Waals surface area (Å²) in [7, 11) is -2.16. The minimum atomic E-state index is -3.70. The number of nitrogens with one attached hydrogen (secondary N) is 1. The van der Waals surface area contributed by atoms with E-state index in [9.17, 15) is 13.5 Å². The van der Waals surface area contributed by atoms with Crippen LogP contribution in [-0.2, 0) is 21.4 Å². The molecule has 0 bridgehead atoms. The molecule has 0 amide bonds. The number of hydrogen-bond donors (Lipinski definition) is 2. The maximum Gasteiger partial charge on any atom is 0.242 e. The van der Waals surface area contributed by atoms with Crippen molar-refractivity contribution in [1.82, 2.24) is 4.72 Å². The summed E-state index contributed by atoms with van der Waals surface area (Å²) in [6, 6.07) is 6.97. The van der Waals surface area contributed by atoms with E-state index in [0.29, 0.717) is 23.3 Å². The Bertz CT molecular complexity index is 709. The van der Waals surface area contributed by atoms with Gasteiger partial charge in [-0.05, 0) is 12.5 Å². The van der Waals surface area contributed by atoms with E-state index in [1.807, 2.05) is 19.1 Å². The van der Waals surface area contributed by atoms with E-state index >= 15 is 0 Å². The van der Waals surface area contributed by atoms with E-state index < -0.39 is 10.0 Å². The van der Waals surface area contributed by atoms with Crippen molar-refractivity contribution < 1.29 is 18.3 Å². The van der Waals surface area contributed by atoms with Gasteiger partial charge in [0.2, 0.25) is 10.0 Å². The zero-order valence-corrected chi connectivity index (χ0v) is 13.6. The molecule has 0 fully saturated rings. The van der Waals surface area contributed by atoms with Crippen molar-refractivity contribution in [2.45, 2.75) is 30.9 Å². The van der Waals surface area contributed by atoms with Crippen LogP contribution in [0, 0.1) is 0 Å². The molecule has 21 heavy (non-hydrogen) atoms. The number of rotatable bonds is 7. The topological polar surface area (TPSA) is 75.6 Å². The predicted octanol–water partition coefficient (Wildman–Crippen LogP) is 2.10. The molecule has 1 atom stereocenters. The van der Waals surface area contributed by atoms with Gasteiger partial charge in [0.15, 0.2) is 0 Å². The van der Waals surface area contributed by atoms with Crippen LogP contribution in [0.4, 0.5) is 0 Å². The Hall–Kier alpha value is -0.990. The molecule has 2 aromatic rings. The first-order valence-corrected chi connectivity index (χ1v) is 8.96. The normalized spacial score (nSPS) is 13.7. The van der Waals surface area contributed by atoms with Gasteiger partial charge < -0.3 is 9.84 Å². The van der Waals surface area contributed by atoms with Crippen LogP contribution < -0.4 is 4.72 Å². The summed E-state index contributed by atoms with van der Waals surface area (Å²) in [5.74, 6) is 0. The Morgan fingerprint density at radius 3 is 2.71 bits per heavy atom. The molecule has 7 heteroatoms. The second-order valence-electron chi connectivity index (χ2n) is 4.69. The smallest absolute Gasteiger partial charge is 0.242 e. The lowest BCUT2D eigenvalue weighted by Crippen LogP contribution is -2.37. The van der Waals surface area contributed by atoms with E-state index in [4.69, 9.17) is 4.74 Å². The third kappa shape index (κ3) is 3.44. The van der Waals surface area contributed by atoms with Crippen LogP contribution in [0.2, 0.25) is 0 Å².